The van der Waals surface area contributed by atoms with Crippen molar-refractivity contribution >= 4 is 5.71 Å². The predicted octanol–water partition coefficient (Wildman–Crippen LogP) is 4.39. The van der Waals surface area contributed by atoms with Crippen molar-refractivity contribution in [1.82, 2.24) is 0 Å². The fraction of sp³-hybridized carbons (Fsp3) is 0.167. The van der Waals surface area contributed by atoms with Crippen molar-refractivity contribution in [1.29, 1.82) is 5.41 Å². The zero-order chi connectivity index (χ0) is 14.4. The third-order valence-electron chi connectivity index (χ3n) is 3.26. The van der Waals surface area contributed by atoms with Crippen LogP contribution in [0, 0.1) is 23.6 Å². The van der Waals surface area contributed by atoms with Crippen LogP contribution >= 0.6 is 0 Å². The lowest BCUT2D eigenvalue weighted by atomic mass is 9.92. The lowest BCUT2D eigenvalue weighted by Crippen LogP contribution is -2.03. The molecule has 2 aromatic carbocycles. The van der Waals surface area contributed by atoms with Gasteiger partial charge < -0.3 is 5.41 Å². The molecule has 0 radical (unpaired) electrons. The Hall–Kier alpha value is -2.40. The van der Waals surface area contributed by atoms with Crippen molar-refractivity contribution in [3.05, 3.63) is 71.5 Å². The van der Waals surface area contributed by atoms with E-state index in [-0.39, 0.29) is 11.7 Å². The normalized spacial score (nSPS) is 11.6. The van der Waals surface area contributed by atoms with Crippen LogP contribution in [0.25, 0.3) is 0 Å². The van der Waals surface area contributed by atoms with Gasteiger partial charge in [0.1, 0.15) is 5.82 Å². The third kappa shape index (κ3) is 3.55. The molecule has 0 saturated carbocycles. The molecule has 0 aromatic heterocycles. The van der Waals surface area contributed by atoms with Crippen LogP contribution in [0.1, 0.15) is 29.9 Å². The van der Waals surface area contributed by atoms with E-state index >= 15 is 0 Å². The van der Waals surface area contributed by atoms with Gasteiger partial charge in [0.05, 0.1) is 0 Å². The Kier molecular flexibility index (Phi) is 4.68. The largest absolute Gasteiger partial charge is 0.305 e. The Morgan fingerprint density at radius 2 is 1.90 bits per heavy atom. The third-order valence-corrected chi connectivity index (χ3v) is 3.26. The second-order valence-electron chi connectivity index (χ2n) is 4.66. The summed E-state index contributed by atoms with van der Waals surface area (Å²) in [6.45, 7) is 0. The van der Waals surface area contributed by atoms with Crippen LogP contribution in [0.3, 0.4) is 0 Å². The summed E-state index contributed by atoms with van der Waals surface area (Å²) in [5.41, 5.74) is 2.26. The molecule has 0 aliphatic rings. The molecule has 20 heavy (non-hydrogen) atoms. The number of terminal acetylenes is 1. The van der Waals surface area contributed by atoms with E-state index in [4.69, 9.17) is 11.8 Å². The summed E-state index contributed by atoms with van der Waals surface area (Å²) in [5, 5.41) is 8.06. The van der Waals surface area contributed by atoms with E-state index in [9.17, 15) is 4.39 Å². The van der Waals surface area contributed by atoms with E-state index in [1.165, 1.54) is 12.1 Å². The van der Waals surface area contributed by atoms with Crippen LogP contribution in [0.15, 0.2) is 54.6 Å². The number of nitrogens with one attached hydrogen (secondary N) is 1. The number of rotatable bonds is 5. The van der Waals surface area contributed by atoms with Crippen molar-refractivity contribution in [2.24, 2.45) is 0 Å². The first kappa shape index (κ1) is 14.0. The lowest BCUT2D eigenvalue weighted by Gasteiger charge is -2.12. The Bertz CT molecular complexity index is 625. The maximum atomic E-state index is 13.2. The highest BCUT2D eigenvalue weighted by Crippen LogP contribution is 2.22. The molecule has 1 N–H and O–H groups in total. The van der Waals surface area contributed by atoms with Crippen LogP contribution in [0.4, 0.5) is 4.39 Å². The fourth-order valence-corrected chi connectivity index (χ4v) is 2.14. The van der Waals surface area contributed by atoms with Gasteiger partial charge in [-0.15, -0.1) is 6.42 Å². The molecule has 0 spiro atoms. The first-order valence-corrected chi connectivity index (χ1v) is 6.55. The quantitative estimate of drug-likeness (QED) is 0.612. The van der Waals surface area contributed by atoms with Gasteiger partial charge in [0, 0.05) is 11.6 Å². The Labute approximate surface area is 119 Å². The van der Waals surface area contributed by atoms with Gasteiger partial charge >= 0.3 is 0 Å². The molecular weight excluding hydrogens is 249 g/mol. The number of halogens is 1. The summed E-state index contributed by atoms with van der Waals surface area (Å²) in [5.74, 6) is 2.25. The monoisotopic (exact) mass is 265 g/mol. The van der Waals surface area contributed by atoms with Crippen molar-refractivity contribution in [2.75, 3.05) is 0 Å². The summed E-state index contributed by atoms with van der Waals surface area (Å²) >= 11 is 0. The minimum absolute atomic E-state index is 0.158. The first-order chi connectivity index (χ1) is 9.70. The highest BCUT2D eigenvalue weighted by atomic mass is 19.1. The molecule has 0 aliphatic carbocycles. The van der Waals surface area contributed by atoms with E-state index in [2.05, 4.69) is 5.92 Å². The number of hydrogen-bond acceptors (Lipinski definition) is 1. The molecule has 0 heterocycles. The van der Waals surface area contributed by atoms with Crippen LogP contribution in [-0.2, 0) is 0 Å². The molecule has 0 saturated heterocycles. The van der Waals surface area contributed by atoms with Gasteiger partial charge in [0.25, 0.3) is 0 Å². The molecule has 2 rings (SSSR count). The first-order valence-electron chi connectivity index (χ1n) is 6.55. The van der Waals surface area contributed by atoms with Crippen molar-refractivity contribution in [3.63, 3.8) is 0 Å². The molecule has 100 valence electrons. The van der Waals surface area contributed by atoms with Crippen LogP contribution in [0.5, 0.6) is 0 Å². The van der Waals surface area contributed by atoms with Gasteiger partial charge in [-0.25, -0.2) is 4.39 Å². The van der Waals surface area contributed by atoms with Gasteiger partial charge in [-0.2, -0.15) is 0 Å². The molecule has 0 fully saturated rings. The minimum Gasteiger partial charge on any atom is -0.305 e. The van der Waals surface area contributed by atoms with Gasteiger partial charge in [0.15, 0.2) is 0 Å². The molecule has 2 aromatic rings. The number of benzene rings is 2. The second-order valence-corrected chi connectivity index (χ2v) is 4.66. The van der Waals surface area contributed by atoms with Gasteiger partial charge in [-0.05, 0) is 36.1 Å². The topological polar surface area (TPSA) is 23.9 Å². The maximum Gasteiger partial charge on any atom is 0.123 e. The van der Waals surface area contributed by atoms with E-state index in [1.807, 2.05) is 36.4 Å². The number of hydrogen-bond donors (Lipinski definition) is 1. The zero-order valence-electron chi connectivity index (χ0n) is 11.1. The van der Waals surface area contributed by atoms with Crippen molar-refractivity contribution in [3.8, 4) is 12.3 Å². The minimum atomic E-state index is -0.277. The highest BCUT2D eigenvalue weighted by molar-refractivity contribution is 5.98. The van der Waals surface area contributed by atoms with E-state index < -0.39 is 0 Å². The van der Waals surface area contributed by atoms with E-state index in [0.717, 1.165) is 11.1 Å². The van der Waals surface area contributed by atoms with Gasteiger partial charge in [0.2, 0.25) is 0 Å². The fourth-order valence-electron chi connectivity index (χ4n) is 2.14. The lowest BCUT2D eigenvalue weighted by molar-refractivity contribution is 0.623. The molecule has 1 nitrogen and oxygen atoms in total. The molecule has 1 atom stereocenters. The highest BCUT2D eigenvalue weighted by Gasteiger charge is 2.11. The SMILES string of the molecule is C#CC(CCC(=N)c1ccccc1)c1cccc(F)c1. The summed E-state index contributed by atoms with van der Waals surface area (Å²) in [6.07, 6.45) is 6.76. The zero-order valence-corrected chi connectivity index (χ0v) is 11.1. The van der Waals surface area contributed by atoms with Gasteiger partial charge in [-0.3, -0.25) is 0 Å². The molecule has 2 heteroatoms. The predicted molar refractivity (Wildman–Crippen MR) is 80.5 cm³/mol. The molecule has 0 amide bonds. The van der Waals surface area contributed by atoms with Gasteiger partial charge in [-0.1, -0.05) is 48.4 Å². The summed E-state index contributed by atoms with van der Waals surface area (Å²) in [6, 6.07) is 15.9. The molecule has 1 unspecified atom stereocenters. The summed E-state index contributed by atoms with van der Waals surface area (Å²) in [7, 11) is 0. The average Bonchev–Trinajstić information content (AvgIpc) is 2.48. The Morgan fingerprint density at radius 3 is 2.55 bits per heavy atom. The standard InChI is InChI=1S/C18H16FN/c1-2-14(16-9-6-10-17(19)13-16)11-12-18(20)15-7-4-3-5-8-15/h1,3-10,13-14,20H,11-12H2. The molecule has 0 aliphatic heterocycles. The van der Waals surface area contributed by atoms with E-state index in [1.54, 1.807) is 6.07 Å². The van der Waals surface area contributed by atoms with E-state index in [0.29, 0.717) is 18.6 Å². The van der Waals surface area contributed by atoms with Crippen LogP contribution < -0.4 is 0 Å². The van der Waals surface area contributed by atoms with Crippen LogP contribution in [0.2, 0.25) is 0 Å². The maximum absolute atomic E-state index is 13.2. The Balaban J connectivity index is 2.02. The molecular formula is C18H16FN. The molecule has 0 bridgehead atoms. The smallest absolute Gasteiger partial charge is 0.123 e. The Morgan fingerprint density at radius 1 is 1.15 bits per heavy atom. The summed E-state index contributed by atoms with van der Waals surface area (Å²) in [4.78, 5) is 0. The van der Waals surface area contributed by atoms with Crippen molar-refractivity contribution in [2.45, 2.75) is 18.8 Å². The van der Waals surface area contributed by atoms with Crippen molar-refractivity contribution < 1.29 is 4.39 Å². The second kappa shape index (κ2) is 6.68. The summed E-state index contributed by atoms with van der Waals surface area (Å²) < 4.78 is 13.2. The van der Waals surface area contributed by atoms with Crippen LogP contribution in [-0.4, -0.2) is 5.71 Å². The average molecular weight is 265 g/mol.